The van der Waals surface area contributed by atoms with Crippen LogP contribution in [0.25, 0.3) is 27.6 Å². The Morgan fingerprint density at radius 1 is 1.03 bits per heavy atom. The van der Waals surface area contributed by atoms with Crippen molar-refractivity contribution >= 4 is 26.5 Å². The molecule has 0 aliphatic heterocycles. The summed E-state index contributed by atoms with van der Waals surface area (Å²) in [4.78, 5) is 14.8. The fraction of sp³-hybridized carbons (Fsp3) is 0.240. The van der Waals surface area contributed by atoms with E-state index >= 15 is 0 Å². The summed E-state index contributed by atoms with van der Waals surface area (Å²) >= 11 is 0. The standard InChI is InChI=1S/C25H27N3O5S/c1-25(2,3)21-13-19(28-14-22(29)26-24(28)30)12-20(23(21)33-4)17-7-6-16-11-18(27-34(5,31)32)9-8-15(16)10-17/h6-14,27,29H,1-5H3,(H,26,30). The number of aromatic hydroxyl groups is 1. The van der Waals surface area contributed by atoms with Gasteiger partial charge in [-0.25, -0.2) is 13.2 Å². The van der Waals surface area contributed by atoms with Crippen LogP contribution in [0.4, 0.5) is 5.69 Å². The maximum absolute atomic E-state index is 12.4. The van der Waals surface area contributed by atoms with E-state index in [1.54, 1.807) is 19.2 Å². The van der Waals surface area contributed by atoms with Gasteiger partial charge in [0.25, 0.3) is 0 Å². The zero-order valence-corrected chi connectivity index (χ0v) is 20.4. The zero-order valence-electron chi connectivity index (χ0n) is 19.6. The summed E-state index contributed by atoms with van der Waals surface area (Å²) in [6, 6.07) is 14.9. The number of rotatable bonds is 5. The van der Waals surface area contributed by atoms with Crippen molar-refractivity contribution in [2.75, 3.05) is 18.1 Å². The van der Waals surface area contributed by atoms with Crippen LogP contribution in [0.5, 0.6) is 11.6 Å². The fourth-order valence-electron chi connectivity index (χ4n) is 4.01. The molecule has 1 heterocycles. The largest absolute Gasteiger partial charge is 0.496 e. The highest BCUT2D eigenvalue weighted by Crippen LogP contribution is 2.42. The van der Waals surface area contributed by atoms with E-state index in [1.165, 1.54) is 10.8 Å². The normalized spacial score (nSPS) is 12.1. The van der Waals surface area contributed by atoms with Crippen LogP contribution >= 0.6 is 0 Å². The van der Waals surface area contributed by atoms with Crippen molar-refractivity contribution < 1.29 is 18.3 Å². The van der Waals surface area contributed by atoms with E-state index in [2.05, 4.69) is 30.5 Å². The lowest BCUT2D eigenvalue weighted by atomic mass is 9.83. The molecule has 0 saturated carbocycles. The van der Waals surface area contributed by atoms with Crippen LogP contribution < -0.4 is 15.1 Å². The number of hydrogen-bond donors (Lipinski definition) is 3. The highest BCUT2D eigenvalue weighted by Gasteiger charge is 2.24. The number of H-pyrrole nitrogens is 1. The highest BCUT2D eigenvalue weighted by molar-refractivity contribution is 7.92. The lowest BCUT2D eigenvalue weighted by Gasteiger charge is -2.25. The topological polar surface area (TPSA) is 113 Å². The Labute approximate surface area is 197 Å². The van der Waals surface area contributed by atoms with Crippen LogP contribution in [0.3, 0.4) is 0 Å². The van der Waals surface area contributed by atoms with Crippen LogP contribution in [0.15, 0.2) is 59.5 Å². The van der Waals surface area contributed by atoms with Crippen LogP contribution in [-0.2, 0) is 15.4 Å². The molecule has 8 nitrogen and oxygen atoms in total. The number of benzene rings is 3. The first-order chi connectivity index (χ1) is 15.9. The molecular formula is C25H27N3O5S. The summed E-state index contributed by atoms with van der Waals surface area (Å²) in [6.07, 6.45) is 2.46. The number of aromatic nitrogens is 2. The van der Waals surface area contributed by atoms with E-state index in [4.69, 9.17) is 4.74 Å². The molecule has 0 fully saturated rings. The second kappa shape index (κ2) is 8.25. The predicted molar refractivity (Wildman–Crippen MR) is 135 cm³/mol. The van der Waals surface area contributed by atoms with Gasteiger partial charge in [-0.05, 0) is 52.1 Å². The second-order valence-corrected chi connectivity index (χ2v) is 11.0. The quantitative estimate of drug-likeness (QED) is 0.392. The molecule has 9 heteroatoms. The van der Waals surface area contributed by atoms with Gasteiger partial charge in [-0.2, -0.15) is 0 Å². The summed E-state index contributed by atoms with van der Waals surface area (Å²) in [5.41, 5.74) is 2.91. The van der Waals surface area contributed by atoms with E-state index in [0.29, 0.717) is 17.1 Å². The number of ether oxygens (including phenoxy) is 1. The number of aromatic amines is 1. The molecule has 0 aliphatic carbocycles. The second-order valence-electron chi connectivity index (χ2n) is 9.29. The molecule has 0 bridgehead atoms. The van der Waals surface area contributed by atoms with E-state index in [1.807, 2.05) is 36.4 Å². The third-order valence-electron chi connectivity index (χ3n) is 5.52. The lowest BCUT2D eigenvalue weighted by molar-refractivity contribution is 0.399. The Bertz CT molecular complexity index is 1560. The number of hydrogen-bond acceptors (Lipinski definition) is 5. The van der Waals surface area contributed by atoms with Crippen molar-refractivity contribution in [3.8, 4) is 28.4 Å². The molecule has 34 heavy (non-hydrogen) atoms. The molecule has 0 unspecified atom stereocenters. The van der Waals surface area contributed by atoms with Gasteiger partial charge in [0.05, 0.1) is 25.2 Å². The first-order valence-corrected chi connectivity index (χ1v) is 12.5. The molecular weight excluding hydrogens is 454 g/mol. The first-order valence-electron chi connectivity index (χ1n) is 10.6. The van der Waals surface area contributed by atoms with Crippen molar-refractivity contribution in [3.63, 3.8) is 0 Å². The molecule has 0 saturated heterocycles. The molecule has 1 aromatic heterocycles. The molecule has 0 atom stereocenters. The van der Waals surface area contributed by atoms with Gasteiger partial charge >= 0.3 is 5.69 Å². The van der Waals surface area contributed by atoms with Gasteiger partial charge in [-0.3, -0.25) is 14.3 Å². The number of methoxy groups -OCH3 is 1. The number of nitrogens with one attached hydrogen (secondary N) is 2. The molecule has 3 N–H and O–H groups in total. The molecule has 3 aromatic carbocycles. The smallest absolute Gasteiger partial charge is 0.332 e. The van der Waals surface area contributed by atoms with Crippen molar-refractivity contribution in [1.82, 2.24) is 9.55 Å². The maximum Gasteiger partial charge on any atom is 0.332 e. The minimum absolute atomic E-state index is 0.219. The van der Waals surface area contributed by atoms with Crippen LogP contribution in [-0.4, -0.2) is 36.4 Å². The minimum atomic E-state index is -3.37. The van der Waals surface area contributed by atoms with Gasteiger partial charge in [-0.15, -0.1) is 0 Å². The molecule has 178 valence electrons. The van der Waals surface area contributed by atoms with Gasteiger partial charge in [0, 0.05) is 16.8 Å². The summed E-state index contributed by atoms with van der Waals surface area (Å²) in [6.45, 7) is 6.19. The monoisotopic (exact) mass is 481 g/mol. The van der Waals surface area contributed by atoms with Gasteiger partial charge in [0.2, 0.25) is 15.9 Å². The van der Waals surface area contributed by atoms with Crippen molar-refractivity contribution in [2.45, 2.75) is 26.2 Å². The van der Waals surface area contributed by atoms with Gasteiger partial charge < -0.3 is 9.84 Å². The maximum atomic E-state index is 12.4. The van der Waals surface area contributed by atoms with Gasteiger partial charge in [0.1, 0.15) is 5.75 Å². The lowest BCUT2D eigenvalue weighted by Crippen LogP contribution is -2.18. The average molecular weight is 482 g/mol. The number of nitrogens with zero attached hydrogens (tertiary/aromatic N) is 1. The minimum Gasteiger partial charge on any atom is -0.496 e. The number of imidazole rings is 1. The molecule has 0 aliphatic rings. The van der Waals surface area contributed by atoms with E-state index in [9.17, 15) is 18.3 Å². The Kier molecular flexibility index (Phi) is 5.69. The van der Waals surface area contributed by atoms with Crippen LogP contribution in [0, 0.1) is 0 Å². The Hall–Kier alpha value is -3.72. The van der Waals surface area contributed by atoms with E-state index in [-0.39, 0.29) is 11.3 Å². The molecule has 0 spiro atoms. The van der Waals surface area contributed by atoms with Crippen molar-refractivity contribution in [3.05, 3.63) is 70.8 Å². The summed E-state index contributed by atoms with van der Waals surface area (Å²) < 4.78 is 32.8. The van der Waals surface area contributed by atoms with Crippen molar-refractivity contribution in [2.24, 2.45) is 0 Å². The molecule has 4 rings (SSSR count). The SMILES string of the molecule is COc1c(-c2ccc3cc(NS(C)(=O)=O)ccc3c2)cc(-n2cc(O)[nH]c2=O)cc1C(C)(C)C. The third kappa shape index (κ3) is 4.65. The van der Waals surface area contributed by atoms with E-state index in [0.717, 1.165) is 33.7 Å². The van der Waals surface area contributed by atoms with Crippen molar-refractivity contribution in [1.29, 1.82) is 0 Å². The Morgan fingerprint density at radius 3 is 2.29 bits per heavy atom. The highest BCUT2D eigenvalue weighted by atomic mass is 32.2. The summed E-state index contributed by atoms with van der Waals surface area (Å²) in [7, 11) is -1.76. The Morgan fingerprint density at radius 2 is 1.71 bits per heavy atom. The summed E-state index contributed by atoms with van der Waals surface area (Å²) in [5.74, 6) is 0.475. The number of sulfonamides is 1. The third-order valence-corrected chi connectivity index (χ3v) is 6.13. The first kappa shape index (κ1) is 23.4. The van der Waals surface area contributed by atoms with E-state index < -0.39 is 15.7 Å². The number of fused-ring (bicyclic) bond motifs is 1. The number of anilines is 1. The van der Waals surface area contributed by atoms with Gasteiger partial charge in [-0.1, -0.05) is 39.0 Å². The van der Waals surface area contributed by atoms with Crippen LogP contribution in [0.1, 0.15) is 26.3 Å². The van der Waals surface area contributed by atoms with Crippen LogP contribution in [0.2, 0.25) is 0 Å². The predicted octanol–water partition coefficient (Wildman–Crippen LogP) is 4.37. The summed E-state index contributed by atoms with van der Waals surface area (Å²) in [5, 5.41) is 11.6. The molecule has 4 aromatic rings. The Balaban J connectivity index is 1.93. The molecule has 0 radical (unpaired) electrons. The zero-order chi connectivity index (χ0) is 24.8. The average Bonchev–Trinajstić information content (AvgIpc) is 3.08. The van der Waals surface area contributed by atoms with Gasteiger partial charge in [0.15, 0.2) is 0 Å². The fourth-order valence-corrected chi connectivity index (χ4v) is 4.56. The molecule has 0 amide bonds.